The second-order valence-corrected chi connectivity index (χ2v) is 17.6. The quantitative estimate of drug-likeness (QED) is 0.120. The molecule has 0 unspecified atom stereocenters. The summed E-state index contributed by atoms with van der Waals surface area (Å²) in [7, 11) is 5.26. The fraction of sp³-hybridized carbons (Fsp3) is 0.435. The molecule has 3 atom stereocenters. The van der Waals surface area contributed by atoms with Crippen LogP contribution in [-0.2, 0) is 24.0 Å². The van der Waals surface area contributed by atoms with Gasteiger partial charge in [0.15, 0.2) is 0 Å². The van der Waals surface area contributed by atoms with Crippen molar-refractivity contribution in [2.45, 2.75) is 58.1 Å². The second-order valence-electron chi connectivity index (χ2n) is 17.2. The van der Waals surface area contributed by atoms with Crippen molar-refractivity contribution in [1.82, 2.24) is 24.8 Å². The first kappa shape index (κ1) is 43.1. The van der Waals surface area contributed by atoms with Gasteiger partial charge in [0, 0.05) is 62.8 Å². The Bertz CT molecular complexity index is 2360. The summed E-state index contributed by atoms with van der Waals surface area (Å²) >= 11 is 7.04. The molecule has 0 spiro atoms. The number of alkyl halides is 3. The number of ether oxygens (including phenoxy) is 4. The van der Waals surface area contributed by atoms with Crippen LogP contribution in [0.25, 0.3) is 22.2 Å². The van der Waals surface area contributed by atoms with Gasteiger partial charge in [-0.3, -0.25) is 4.90 Å². The number of benzene rings is 3. The number of halogens is 4. The molecule has 328 valence electrons. The number of rotatable bonds is 12. The first-order chi connectivity index (χ1) is 29.6. The van der Waals surface area contributed by atoms with E-state index in [4.69, 9.17) is 45.5 Å². The number of likely N-dealkylation sites (N-methyl/N-ethyl adjacent to an activating group) is 1. The van der Waals surface area contributed by atoms with Gasteiger partial charge in [0.1, 0.15) is 35.3 Å². The van der Waals surface area contributed by atoms with Gasteiger partial charge >= 0.3 is 18.3 Å². The molecule has 3 aromatic carbocycles. The first-order valence-electron chi connectivity index (χ1n) is 20.7. The maximum Gasteiger partial charge on any atom is 0.418 e. The Hall–Kier alpha value is -5.54. The number of piperidine rings is 1. The third-order valence-corrected chi connectivity index (χ3v) is 12.1. The Kier molecular flexibility index (Phi) is 12.0. The Morgan fingerprint density at radius 2 is 1.48 bits per heavy atom. The number of hydrogen-bond acceptors (Lipinski definition) is 11. The topological polar surface area (TPSA) is 106 Å². The molecular formula is C46H51ClF3N7O5. The lowest BCUT2D eigenvalue weighted by Crippen LogP contribution is -2.50. The molecule has 0 N–H and O–H groups in total. The van der Waals surface area contributed by atoms with Crippen molar-refractivity contribution < 1.29 is 36.9 Å². The largest absolute Gasteiger partial charge is 0.497 e. The molecule has 1 saturated carbocycles. The molecule has 62 heavy (non-hydrogen) atoms. The van der Waals surface area contributed by atoms with Gasteiger partial charge in [-0.05, 0) is 106 Å². The molecule has 16 heteroatoms. The molecule has 3 fully saturated rings. The van der Waals surface area contributed by atoms with Gasteiger partial charge in [0.05, 0.1) is 36.0 Å². The third kappa shape index (κ3) is 9.58. The van der Waals surface area contributed by atoms with Crippen LogP contribution in [0.2, 0.25) is 5.02 Å². The van der Waals surface area contributed by atoms with Gasteiger partial charge in [0.25, 0.3) is 0 Å². The average Bonchev–Trinajstić information content (AvgIpc) is 3.93. The SMILES string of the molecule is COc1ccc(CN(Cc2ccc(OC)cc2)c2ccc(C(F)(F)F)c(-c3cc4nc(OC[C@@H]5[C@@H]6C[C@@H]6CN5C)nc(N5CCN(C(=O)OC(C)(C)C)CC5)c4cc3Cl)n2)cc1. The average molecular weight is 874 g/mol. The van der Waals surface area contributed by atoms with Crippen LogP contribution in [0.15, 0.2) is 72.8 Å². The van der Waals surface area contributed by atoms with E-state index >= 15 is 13.2 Å². The summed E-state index contributed by atoms with van der Waals surface area (Å²) in [6.45, 7) is 9.08. The number of fused-ring (bicyclic) bond motifs is 2. The minimum atomic E-state index is -4.76. The lowest BCUT2D eigenvalue weighted by molar-refractivity contribution is -0.137. The summed E-state index contributed by atoms with van der Waals surface area (Å²) in [6, 6.07) is 20.9. The highest BCUT2D eigenvalue weighted by Crippen LogP contribution is 2.49. The van der Waals surface area contributed by atoms with E-state index in [1.807, 2.05) is 79.1 Å². The highest BCUT2D eigenvalue weighted by Gasteiger charge is 2.51. The fourth-order valence-electron chi connectivity index (χ4n) is 8.40. The van der Waals surface area contributed by atoms with Gasteiger partial charge in [-0.25, -0.2) is 9.78 Å². The Balaban J connectivity index is 1.19. The molecule has 1 aliphatic carbocycles. The summed E-state index contributed by atoms with van der Waals surface area (Å²) in [5, 5.41) is 0.574. The van der Waals surface area contributed by atoms with E-state index in [0.717, 1.165) is 30.2 Å². The van der Waals surface area contributed by atoms with E-state index in [1.165, 1.54) is 6.07 Å². The van der Waals surface area contributed by atoms with E-state index in [1.54, 1.807) is 31.3 Å². The predicted octanol–water partition coefficient (Wildman–Crippen LogP) is 8.97. The molecule has 0 radical (unpaired) electrons. The van der Waals surface area contributed by atoms with Crippen LogP contribution in [0, 0.1) is 11.8 Å². The van der Waals surface area contributed by atoms with Crippen molar-refractivity contribution in [1.29, 1.82) is 0 Å². The molecule has 2 aliphatic heterocycles. The molecule has 4 heterocycles. The predicted molar refractivity (Wildman–Crippen MR) is 232 cm³/mol. The molecule has 12 nitrogen and oxygen atoms in total. The van der Waals surface area contributed by atoms with Crippen molar-refractivity contribution in [2.75, 3.05) is 70.4 Å². The lowest BCUT2D eigenvalue weighted by atomic mass is 10.0. The monoisotopic (exact) mass is 873 g/mol. The van der Waals surface area contributed by atoms with Crippen LogP contribution in [-0.4, -0.2) is 103 Å². The maximum atomic E-state index is 15.0. The molecule has 1 amide bonds. The van der Waals surface area contributed by atoms with Gasteiger partial charge in [-0.1, -0.05) is 35.9 Å². The van der Waals surface area contributed by atoms with Gasteiger partial charge < -0.3 is 33.6 Å². The zero-order valence-electron chi connectivity index (χ0n) is 35.7. The molecule has 2 saturated heterocycles. The number of hydrogen-bond donors (Lipinski definition) is 0. The second kappa shape index (κ2) is 17.3. The van der Waals surface area contributed by atoms with E-state index in [9.17, 15) is 4.79 Å². The first-order valence-corrected chi connectivity index (χ1v) is 21.1. The number of nitrogens with zero attached hydrogens (tertiary/aromatic N) is 7. The summed E-state index contributed by atoms with van der Waals surface area (Å²) in [4.78, 5) is 35.2. The van der Waals surface area contributed by atoms with Crippen molar-refractivity contribution in [3.8, 4) is 28.8 Å². The van der Waals surface area contributed by atoms with Crippen LogP contribution in [0.3, 0.4) is 0 Å². The Morgan fingerprint density at radius 1 is 0.855 bits per heavy atom. The van der Waals surface area contributed by atoms with Crippen LogP contribution in [0.4, 0.5) is 29.6 Å². The molecule has 3 aliphatic rings. The number of amides is 1. The Morgan fingerprint density at radius 3 is 2.03 bits per heavy atom. The smallest absolute Gasteiger partial charge is 0.418 e. The molecule has 2 aromatic heterocycles. The number of piperazine rings is 1. The molecule has 5 aromatic rings. The molecule has 8 rings (SSSR count). The minimum Gasteiger partial charge on any atom is -0.497 e. The third-order valence-electron chi connectivity index (χ3n) is 11.7. The van der Waals surface area contributed by atoms with Gasteiger partial charge in [0.2, 0.25) is 0 Å². The lowest BCUT2D eigenvalue weighted by Gasteiger charge is -2.36. The van der Waals surface area contributed by atoms with Crippen molar-refractivity contribution >= 4 is 40.2 Å². The van der Waals surface area contributed by atoms with Crippen LogP contribution in [0.1, 0.15) is 43.9 Å². The van der Waals surface area contributed by atoms with E-state index in [2.05, 4.69) is 11.9 Å². The fourth-order valence-corrected chi connectivity index (χ4v) is 8.65. The summed E-state index contributed by atoms with van der Waals surface area (Å²) < 4.78 is 67.7. The molecule has 0 bridgehead atoms. The van der Waals surface area contributed by atoms with Crippen molar-refractivity contribution in [2.24, 2.45) is 11.8 Å². The number of carbonyl (C=O) groups is 1. The number of aromatic nitrogens is 3. The number of pyridine rings is 1. The van der Waals surface area contributed by atoms with E-state index < -0.39 is 23.4 Å². The highest BCUT2D eigenvalue weighted by atomic mass is 35.5. The number of methoxy groups -OCH3 is 2. The summed E-state index contributed by atoms with van der Waals surface area (Å²) in [5.74, 6) is 3.41. The number of anilines is 2. The molecular weight excluding hydrogens is 823 g/mol. The summed E-state index contributed by atoms with van der Waals surface area (Å²) in [5.41, 5.74) is 0.283. The standard InChI is InChI=1S/C46H51ClF3N7O5/c1-45(2,3)62-44(58)56-19-17-55(18-20-56)42-35-22-37(47)34(23-38(35)51-43(53-42)61-27-39-33-21-30(33)26-54(39)4)41-36(46(48,49)50)15-16-40(52-41)57(24-28-7-11-31(59-5)12-8-28)25-29-9-13-32(60-6)14-10-29/h7-16,22-23,30,33,39H,17-21,24-27H2,1-6H3/t30-,33-,39-/m1/s1. The van der Waals surface area contributed by atoms with Crippen LogP contribution < -0.4 is 24.0 Å². The maximum absolute atomic E-state index is 15.0. The van der Waals surface area contributed by atoms with E-state index in [-0.39, 0.29) is 28.3 Å². The van der Waals surface area contributed by atoms with Crippen molar-refractivity contribution in [3.63, 3.8) is 0 Å². The van der Waals surface area contributed by atoms with Gasteiger partial charge in [-0.2, -0.15) is 23.1 Å². The van der Waals surface area contributed by atoms with Gasteiger partial charge in [-0.15, -0.1) is 0 Å². The zero-order valence-corrected chi connectivity index (χ0v) is 36.5. The van der Waals surface area contributed by atoms with Crippen LogP contribution in [0.5, 0.6) is 17.5 Å². The van der Waals surface area contributed by atoms with Crippen molar-refractivity contribution in [3.05, 3.63) is 94.5 Å². The van der Waals surface area contributed by atoms with Crippen LogP contribution >= 0.6 is 11.6 Å². The number of likely N-dealkylation sites (tertiary alicyclic amines) is 1. The highest BCUT2D eigenvalue weighted by molar-refractivity contribution is 6.34. The zero-order chi connectivity index (χ0) is 43.9. The van der Waals surface area contributed by atoms with E-state index in [0.29, 0.717) is 91.7 Å². The summed E-state index contributed by atoms with van der Waals surface area (Å²) in [6.07, 6.45) is -4.00. The Labute approximate surface area is 364 Å². The normalized spacial score (nSPS) is 19.0. The minimum absolute atomic E-state index is 0.0442. The number of carbonyl (C=O) groups excluding carboxylic acids is 1.